The molecule has 4 heteroatoms. The molecule has 4 nitrogen and oxygen atoms in total. The van der Waals surface area contributed by atoms with E-state index in [0.29, 0.717) is 13.2 Å². The number of anilines is 2. The van der Waals surface area contributed by atoms with Crippen LogP contribution in [-0.4, -0.2) is 18.1 Å². The monoisotopic (exact) mass is 243 g/mol. The highest BCUT2D eigenvalue weighted by molar-refractivity contribution is 5.58. The van der Waals surface area contributed by atoms with Crippen LogP contribution in [-0.2, 0) is 0 Å². The van der Waals surface area contributed by atoms with E-state index in [1.165, 1.54) is 0 Å². The summed E-state index contributed by atoms with van der Waals surface area (Å²) < 4.78 is 5.47. The van der Waals surface area contributed by atoms with Crippen molar-refractivity contribution in [2.45, 2.75) is 6.92 Å². The second kappa shape index (κ2) is 6.02. The third-order valence-corrected chi connectivity index (χ3v) is 2.40. The van der Waals surface area contributed by atoms with Crippen LogP contribution in [0.3, 0.4) is 0 Å². The fourth-order valence-corrected chi connectivity index (χ4v) is 1.53. The SMILES string of the molecule is Cc1ccc(Nc2cccc(OCCN)c2)nc1. The number of nitrogens with one attached hydrogen (secondary N) is 1. The minimum Gasteiger partial charge on any atom is -0.492 e. The van der Waals surface area contributed by atoms with Gasteiger partial charge in [0.05, 0.1) is 0 Å². The van der Waals surface area contributed by atoms with Gasteiger partial charge < -0.3 is 15.8 Å². The summed E-state index contributed by atoms with van der Waals surface area (Å²) in [5, 5.41) is 3.23. The molecule has 0 atom stereocenters. The quantitative estimate of drug-likeness (QED) is 0.847. The molecule has 0 bridgehead atoms. The Kier molecular flexibility index (Phi) is 4.15. The van der Waals surface area contributed by atoms with Gasteiger partial charge in [0.2, 0.25) is 0 Å². The Hall–Kier alpha value is -2.07. The van der Waals surface area contributed by atoms with Crippen molar-refractivity contribution in [1.82, 2.24) is 4.98 Å². The number of nitrogens with zero attached hydrogens (tertiary/aromatic N) is 1. The van der Waals surface area contributed by atoms with Crippen LogP contribution in [0, 0.1) is 6.92 Å². The maximum Gasteiger partial charge on any atom is 0.130 e. The zero-order valence-corrected chi connectivity index (χ0v) is 10.4. The van der Waals surface area contributed by atoms with Crippen LogP contribution in [0.4, 0.5) is 11.5 Å². The van der Waals surface area contributed by atoms with Crippen LogP contribution < -0.4 is 15.8 Å². The van der Waals surface area contributed by atoms with Gasteiger partial charge in [0.25, 0.3) is 0 Å². The zero-order valence-electron chi connectivity index (χ0n) is 10.4. The number of hydrogen-bond acceptors (Lipinski definition) is 4. The molecule has 0 aliphatic carbocycles. The predicted molar refractivity (Wildman–Crippen MR) is 73.2 cm³/mol. The number of hydrogen-bond donors (Lipinski definition) is 2. The third kappa shape index (κ3) is 3.46. The molecule has 1 aromatic heterocycles. The molecule has 0 radical (unpaired) electrons. The van der Waals surface area contributed by atoms with Crippen LogP contribution in [0.2, 0.25) is 0 Å². The number of aryl methyl sites for hydroxylation is 1. The highest BCUT2D eigenvalue weighted by Crippen LogP contribution is 2.20. The van der Waals surface area contributed by atoms with Gasteiger partial charge in [-0.15, -0.1) is 0 Å². The molecule has 0 spiro atoms. The molecule has 0 amide bonds. The van der Waals surface area contributed by atoms with Crippen LogP contribution in [0.1, 0.15) is 5.56 Å². The topological polar surface area (TPSA) is 60.2 Å². The number of ether oxygens (including phenoxy) is 1. The molecule has 0 aliphatic heterocycles. The van der Waals surface area contributed by atoms with Crippen molar-refractivity contribution in [3.05, 3.63) is 48.2 Å². The van der Waals surface area contributed by atoms with E-state index < -0.39 is 0 Å². The molecule has 2 aromatic rings. The molecular weight excluding hydrogens is 226 g/mol. The van der Waals surface area contributed by atoms with Gasteiger partial charge in [-0.3, -0.25) is 0 Å². The van der Waals surface area contributed by atoms with Gasteiger partial charge in [-0.05, 0) is 30.7 Å². The molecule has 0 fully saturated rings. The van der Waals surface area contributed by atoms with E-state index in [1.54, 1.807) is 0 Å². The molecule has 0 saturated heterocycles. The Labute approximate surface area is 107 Å². The molecule has 18 heavy (non-hydrogen) atoms. The number of pyridine rings is 1. The standard InChI is InChI=1S/C14H17N3O/c1-11-5-6-14(16-10-11)17-12-3-2-4-13(9-12)18-8-7-15/h2-6,9-10H,7-8,15H2,1H3,(H,16,17). The number of aromatic nitrogens is 1. The largest absolute Gasteiger partial charge is 0.492 e. The lowest BCUT2D eigenvalue weighted by Gasteiger charge is -2.08. The molecule has 0 aliphatic rings. The Bertz CT molecular complexity index is 497. The minimum absolute atomic E-state index is 0.511. The normalized spacial score (nSPS) is 10.1. The second-order valence-corrected chi connectivity index (χ2v) is 4.01. The molecule has 94 valence electrons. The molecule has 0 unspecified atom stereocenters. The van der Waals surface area contributed by atoms with E-state index in [9.17, 15) is 0 Å². The summed E-state index contributed by atoms with van der Waals surface area (Å²) in [7, 11) is 0. The maximum absolute atomic E-state index is 5.47. The summed E-state index contributed by atoms with van der Waals surface area (Å²) in [6.45, 7) is 3.04. The summed E-state index contributed by atoms with van der Waals surface area (Å²) >= 11 is 0. The Morgan fingerprint density at radius 2 is 2.17 bits per heavy atom. The van der Waals surface area contributed by atoms with Crippen molar-refractivity contribution in [3.8, 4) is 5.75 Å². The molecule has 1 heterocycles. The van der Waals surface area contributed by atoms with Gasteiger partial charge in [0.15, 0.2) is 0 Å². The molecular formula is C14H17N3O. The van der Waals surface area contributed by atoms with Gasteiger partial charge >= 0.3 is 0 Å². The third-order valence-electron chi connectivity index (χ3n) is 2.40. The van der Waals surface area contributed by atoms with Gasteiger partial charge in [0.1, 0.15) is 18.2 Å². The van der Waals surface area contributed by atoms with Crippen molar-refractivity contribution in [1.29, 1.82) is 0 Å². The Morgan fingerprint density at radius 1 is 1.28 bits per heavy atom. The van der Waals surface area contributed by atoms with E-state index in [-0.39, 0.29) is 0 Å². The van der Waals surface area contributed by atoms with Crippen LogP contribution >= 0.6 is 0 Å². The van der Waals surface area contributed by atoms with Crippen molar-refractivity contribution in [2.75, 3.05) is 18.5 Å². The fourth-order valence-electron chi connectivity index (χ4n) is 1.53. The van der Waals surface area contributed by atoms with Crippen molar-refractivity contribution in [2.24, 2.45) is 5.73 Å². The fraction of sp³-hybridized carbons (Fsp3) is 0.214. The molecule has 2 rings (SSSR count). The predicted octanol–water partition coefficient (Wildman–Crippen LogP) is 2.47. The minimum atomic E-state index is 0.511. The van der Waals surface area contributed by atoms with E-state index in [1.807, 2.05) is 49.5 Å². The smallest absolute Gasteiger partial charge is 0.130 e. The van der Waals surface area contributed by atoms with E-state index >= 15 is 0 Å². The summed E-state index contributed by atoms with van der Waals surface area (Å²) in [6.07, 6.45) is 1.83. The molecule has 1 aromatic carbocycles. The van der Waals surface area contributed by atoms with Crippen molar-refractivity contribution < 1.29 is 4.74 Å². The molecule has 3 N–H and O–H groups in total. The van der Waals surface area contributed by atoms with E-state index in [4.69, 9.17) is 10.5 Å². The highest BCUT2D eigenvalue weighted by atomic mass is 16.5. The lowest BCUT2D eigenvalue weighted by Crippen LogP contribution is -2.10. The van der Waals surface area contributed by atoms with E-state index in [0.717, 1.165) is 22.8 Å². The van der Waals surface area contributed by atoms with Gasteiger partial charge in [0, 0.05) is 24.5 Å². The Balaban J connectivity index is 2.06. The zero-order chi connectivity index (χ0) is 12.8. The van der Waals surface area contributed by atoms with Crippen molar-refractivity contribution in [3.63, 3.8) is 0 Å². The average Bonchev–Trinajstić information content (AvgIpc) is 2.40. The average molecular weight is 243 g/mol. The Morgan fingerprint density at radius 3 is 2.89 bits per heavy atom. The molecule has 0 saturated carbocycles. The summed E-state index contributed by atoms with van der Waals surface area (Å²) in [5.74, 6) is 1.62. The first-order valence-electron chi connectivity index (χ1n) is 5.90. The maximum atomic E-state index is 5.47. The highest BCUT2D eigenvalue weighted by Gasteiger charge is 1.98. The first-order valence-corrected chi connectivity index (χ1v) is 5.90. The van der Waals surface area contributed by atoms with Crippen LogP contribution in [0.25, 0.3) is 0 Å². The first-order chi connectivity index (χ1) is 8.78. The van der Waals surface area contributed by atoms with Crippen LogP contribution in [0.15, 0.2) is 42.6 Å². The number of nitrogens with two attached hydrogens (primary N) is 1. The second-order valence-electron chi connectivity index (χ2n) is 4.01. The van der Waals surface area contributed by atoms with Crippen LogP contribution in [0.5, 0.6) is 5.75 Å². The van der Waals surface area contributed by atoms with E-state index in [2.05, 4.69) is 10.3 Å². The first kappa shape index (κ1) is 12.4. The van der Waals surface area contributed by atoms with Gasteiger partial charge in [-0.2, -0.15) is 0 Å². The number of rotatable bonds is 5. The van der Waals surface area contributed by atoms with Crippen molar-refractivity contribution >= 4 is 11.5 Å². The van der Waals surface area contributed by atoms with Gasteiger partial charge in [-0.1, -0.05) is 12.1 Å². The lowest BCUT2D eigenvalue weighted by molar-refractivity contribution is 0.328. The summed E-state index contributed by atoms with van der Waals surface area (Å²) in [6, 6.07) is 11.7. The van der Waals surface area contributed by atoms with Gasteiger partial charge in [-0.25, -0.2) is 4.98 Å². The lowest BCUT2D eigenvalue weighted by atomic mass is 10.3. The summed E-state index contributed by atoms with van der Waals surface area (Å²) in [4.78, 5) is 4.29. The number of benzene rings is 1. The summed E-state index contributed by atoms with van der Waals surface area (Å²) in [5.41, 5.74) is 7.49.